The highest BCUT2D eigenvalue weighted by Crippen LogP contribution is 2.40. The van der Waals surface area contributed by atoms with Crippen LogP contribution in [0.4, 0.5) is 10.3 Å². The normalized spacial score (nSPS) is 13.4. The minimum Gasteiger partial charge on any atom is -0.504 e. The van der Waals surface area contributed by atoms with Gasteiger partial charge < -0.3 is 20.5 Å². The van der Waals surface area contributed by atoms with Gasteiger partial charge in [0.2, 0.25) is 11.9 Å². The average Bonchev–Trinajstić information content (AvgIpc) is 3.50. The molecule has 0 unspecified atom stereocenters. The van der Waals surface area contributed by atoms with Crippen molar-refractivity contribution >= 4 is 29.9 Å². The lowest BCUT2D eigenvalue weighted by Gasteiger charge is -2.32. The molecule has 0 atom stereocenters. The van der Waals surface area contributed by atoms with Gasteiger partial charge in [0, 0.05) is 43.5 Å². The highest BCUT2D eigenvalue weighted by Gasteiger charge is 2.25. The molecule has 2 aromatic carbocycles. The van der Waals surface area contributed by atoms with Crippen LogP contribution in [0, 0.1) is 17.1 Å². The third-order valence-electron chi connectivity index (χ3n) is 7.64. The number of hydrogen-bond acceptors (Lipinski definition) is 9. The third kappa shape index (κ3) is 7.19. The molecule has 0 spiro atoms. The van der Waals surface area contributed by atoms with Crippen LogP contribution < -0.4 is 20.9 Å². The van der Waals surface area contributed by atoms with Crippen LogP contribution in [0.5, 0.6) is 11.5 Å². The first-order chi connectivity index (χ1) is 20.9. The Morgan fingerprint density at radius 1 is 1.14 bits per heavy atom. The number of aromatic hydroxyl groups is 1. The maximum absolute atomic E-state index is 14.8. The molecule has 5 rings (SSSR count). The van der Waals surface area contributed by atoms with Gasteiger partial charge in [-0.2, -0.15) is 5.26 Å². The zero-order chi connectivity index (χ0) is 30.3. The number of nitriles is 1. The van der Waals surface area contributed by atoms with Gasteiger partial charge in [0.1, 0.15) is 17.5 Å². The van der Waals surface area contributed by atoms with Crippen LogP contribution in [-0.2, 0) is 4.79 Å². The molecular formula is C31H35ClFN7O4. The number of rotatable bonds is 11. The molecule has 11 nitrogen and oxygen atoms in total. The lowest BCUT2D eigenvalue weighted by molar-refractivity contribution is -0.129. The van der Waals surface area contributed by atoms with E-state index >= 15 is 0 Å². The van der Waals surface area contributed by atoms with Gasteiger partial charge in [-0.1, -0.05) is 25.0 Å². The largest absolute Gasteiger partial charge is 0.504 e. The molecule has 0 radical (unpaired) electrons. The van der Waals surface area contributed by atoms with Crippen molar-refractivity contribution in [2.45, 2.75) is 51.0 Å². The van der Waals surface area contributed by atoms with E-state index in [4.69, 9.17) is 20.7 Å². The molecule has 232 valence electrons. The number of halogens is 2. The van der Waals surface area contributed by atoms with Gasteiger partial charge in [-0.15, -0.1) is 12.4 Å². The SMILES string of the molecule is Cl.N#Cc1ccc(-c2nc(N3CCC(N)CC3)n3ccnc3c2-c2ccc(OCCCCCCC(=O)NO)c(O)c2)cc1F. The summed E-state index contributed by atoms with van der Waals surface area (Å²) in [7, 11) is 0. The van der Waals surface area contributed by atoms with Gasteiger partial charge in [0.25, 0.3) is 0 Å². The topological polar surface area (TPSA) is 162 Å². The maximum Gasteiger partial charge on any atom is 0.243 e. The molecule has 44 heavy (non-hydrogen) atoms. The molecule has 4 aromatic rings. The molecule has 1 aliphatic heterocycles. The van der Waals surface area contributed by atoms with Gasteiger partial charge in [0.05, 0.1) is 23.4 Å². The van der Waals surface area contributed by atoms with Crippen molar-refractivity contribution in [3.05, 3.63) is 60.2 Å². The Hall–Kier alpha value is -4.44. The smallest absolute Gasteiger partial charge is 0.243 e. The Labute approximate surface area is 260 Å². The number of phenolic OH excluding ortho intramolecular Hbond substituents is 1. The number of nitrogens with one attached hydrogen (secondary N) is 1. The first-order valence-electron chi connectivity index (χ1n) is 14.4. The average molecular weight is 624 g/mol. The summed E-state index contributed by atoms with van der Waals surface area (Å²) in [6.45, 7) is 1.81. The summed E-state index contributed by atoms with van der Waals surface area (Å²) in [5.74, 6) is -0.132. The van der Waals surface area contributed by atoms with Crippen molar-refractivity contribution in [3.63, 3.8) is 0 Å². The Bertz CT molecular complexity index is 1650. The monoisotopic (exact) mass is 623 g/mol. The van der Waals surface area contributed by atoms with Crippen LogP contribution in [0.3, 0.4) is 0 Å². The van der Waals surface area contributed by atoms with Crippen molar-refractivity contribution < 1.29 is 24.2 Å². The Morgan fingerprint density at radius 2 is 1.89 bits per heavy atom. The lowest BCUT2D eigenvalue weighted by Crippen LogP contribution is -2.40. The summed E-state index contributed by atoms with van der Waals surface area (Å²) < 4.78 is 22.5. The minimum atomic E-state index is -0.648. The zero-order valence-electron chi connectivity index (χ0n) is 24.1. The molecule has 0 bridgehead atoms. The van der Waals surface area contributed by atoms with Crippen LogP contribution in [0.25, 0.3) is 28.0 Å². The Kier molecular flexibility index (Phi) is 10.9. The van der Waals surface area contributed by atoms with Crippen LogP contribution in [-0.4, -0.2) is 56.3 Å². The molecule has 1 fully saturated rings. The molecule has 13 heteroatoms. The van der Waals surface area contributed by atoms with E-state index in [1.54, 1.807) is 35.9 Å². The summed E-state index contributed by atoms with van der Waals surface area (Å²) in [4.78, 5) is 22.9. The minimum absolute atomic E-state index is 0. The number of hydrogen-bond donors (Lipinski definition) is 4. The Morgan fingerprint density at radius 3 is 2.59 bits per heavy atom. The second-order valence-electron chi connectivity index (χ2n) is 10.6. The summed E-state index contributed by atoms with van der Waals surface area (Å²) in [6, 6.07) is 11.4. The lowest BCUT2D eigenvalue weighted by atomic mass is 9.98. The Balaban J connectivity index is 0.00000442. The van der Waals surface area contributed by atoms with Gasteiger partial charge >= 0.3 is 0 Å². The van der Waals surface area contributed by atoms with Gasteiger partial charge in [0.15, 0.2) is 11.5 Å². The van der Waals surface area contributed by atoms with Crippen LogP contribution >= 0.6 is 12.4 Å². The maximum atomic E-state index is 14.8. The summed E-state index contributed by atoms with van der Waals surface area (Å²) in [5.41, 5.74) is 10.4. The first-order valence-corrected chi connectivity index (χ1v) is 14.4. The number of phenols is 1. The van der Waals surface area contributed by atoms with E-state index in [2.05, 4.69) is 9.88 Å². The van der Waals surface area contributed by atoms with Gasteiger partial charge in [-0.25, -0.2) is 19.8 Å². The van der Waals surface area contributed by atoms with Crippen molar-refractivity contribution in [1.29, 1.82) is 5.26 Å². The third-order valence-corrected chi connectivity index (χ3v) is 7.64. The number of nitrogens with zero attached hydrogens (tertiary/aromatic N) is 5. The predicted octanol–water partition coefficient (Wildman–Crippen LogP) is 4.96. The highest BCUT2D eigenvalue weighted by atomic mass is 35.5. The van der Waals surface area contributed by atoms with E-state index < -0.39 is 11.7 Å². The van der Waals surface area contributed by atoms with Gasteiger partial charge in [-0.05, 0) is 55.5 Å². The van der Waals surface area contributed by atoms with Crippen LogP contribution in [0.15, 0.2) is 48.8 Å². The molecular weight excluding hydrogens is 589 g/mol. The van der Waals surface area contributed by atoms with Gasteiger partial charge in [-0.3, -0.25) is 14.4 Å². The molecule has 0 aliphatic carbocycles. The fourth-order valence-electron chi connectivity index (χ4n) is 5.29. The van der Waals surface area contributed by atoms with Crippen LogP contribution in [0.1, 0.15) is 50.5 Å². The number of ether oxygens (including phenoxy) is 1. The number of imidazole rings is 1. The summed E-state index contributed by atoms with van der Waals surface area (Å²) in [5, 5.41) is 28.7. The number of fused-ring (bicyclic) bond motifs is 1. The van der Waals surface area contributed by atoms with E-state index in [1.807, 2.05) is 16.7 Å². The standard InChI is InChI=1S/C31H34FN7O4.ClH/c32-24-17-21(6-7-22(24)19-33)29-28(30-35-12-15-39(30)31(36-29)38-13-10-23(34)11-14-38)20-8-9-26(25(40)18-20)43-16-4-2-1-3-5-27(41)37-42;/h6-9,12,15,17-18,23,40,42H,1-5,10-11,13-14,16,34H2,(H,37,41);1H. The molecule has 1 saturated heterocycles. The zero-order valence-corrected chi connectivity index (χ0v) is 24.9. The van der Waals surface area contributed by atoms with Crippen LogP contribution in [0.2, 0.25) is 0 Å². The first kappa shape index (κ1) is 32.5. The number of amides is 1. The number of benzene rings is 2. The quantitative estimate of drug-likeness (QED) is 0.103. The number of piperidine rings is 1. The highest BCUT2D eigenvalue weighted by molar-refractivity contribution is 5.91. The van der Waals surface area contributed by atoms with E-state index in [1.165, 1.54) is 12.1 Å². The van der Waals surface area contributed by atoms with Crippen molar-refractivity contribution in [3.8, 4) is 40.0 Å². The van der Waals surface area contributed by atoms with Crippen molar-refractivity contribution in [1.82, 2.24) is 19.8 Å². The molecule has 2 aromatic heterocycles. The molecule has 1 aliphatic rings. The molecule has 5 N–H and O–H groups in total. The van der Waals surface area contributed by atoms with E-state index in [0.29, 0.717) is 65.8 Å². The fraction of sp³-hybridized carbons (Fsp3) is 0.355. The number of nitrogens with two attached hydrogens (primary N) is 1. The van der Waals surface area contributed by atoms with Crippen molar-refractivity contribution in [2.24, 2.45) is 5.73 Å². The fourth-order valence-corrected chi connectivity index (χ4v) is 5.29. The summed E-state index contributed by atoms with van der Waals surface area (Å²) >= 11 is 0. The number of carbonyl (C=O) groups excluding carboxylic acids is 1. The second-order valence-corrected chi connectivity index (χ2v) is 10.6. The number of anilines is 1. The molecule has 3 heterocycles. The van der Waals surface area contributed by atoms with E-state index in [-0.39, 0.29) is 36.2 Å². The predicted molar refractivity (Wildman–Crippen MR) is 165 cm³/mol. The molecule has 1 amide bonds. The number of carbonyl (C=O) groups is 1. The number of hydroxylamine groups is 1. The summed E-state index contributed by atoms with van der Waals surface area (Å²) in [6.07, 6.45) is 8.45. The molecule has 0 saturated carbocycles. The van der Waals surface area contributed by atoms with E-state index in [0.717, 1.165) is 32.1 Å². The number of unbranched alkanes of at least 4 members (excludes halogenated alkanes) is 3. The second kappa shape index (κ2) is 14.8. The van der Waals surface area contributed by atoms with Crippen molar-refractivity contribution in [2.75, 3.05) is 24.6 Å². The van der Waals surface area contributed by atoms with E-state index in [9.17, 15) is 19.6 Å². The number of aromatic nitrogens is 3.